The molecule has 3 aromatic heterocycles. The fourth-order valence-electron chi connectivity index (χ4n) is 6.78. The van der Waals surface area contributed by atoms with E-state index in [2.05, 4.69) is 45.2 Å². The molecule has 4 aromatic rings. The van der Waals surface area contributed by atoms with Gasteiger partial charge in [0, 0.05) is 53.6 Å². The number of carboxylic acids is 1. The van der Waals surface area contributed by atoms with Gasteiger partial charge in [0.25, 0.3) is 0 Å². The molecule has 0 amide bonds. The van der Waals surface area contributed by atoms with Crippen molar-refractivity contribution in [2.24, 2.45) is 5.41 Å². The molecule has 2 aliphatic carbocycles. The van der Waals surface area contributed by atoms with Crippen LogP contribution in [0.1, 0.15) is 84.3 Å². The van der Waals surface area contributed by atoms with Gasteiger partial charge in [-0.25, -0.2) is 9.78 Å². The van der Waals surface area contributed by atoms with E-state index in [0.29, 0.717) is 16.4 Å². The summed E-state index contributed by atoms with van der Waals surface area (Å²) in [5.41, 5.74) is 8.77. The molecule has 4 heterocycles. The maximum Gasteiger partial charge on any atom is 0.354 e. The van der Waals surface area contributed by atoms with Crippen molar-refractivity contribution < 1.29 is 14.4 Å². The van der Waals surface area contributed by atoms with Crippen molar-refractivity contribution >= 4 is 40.2 Å². The van der Waals surface area contributed by atoms with E-state index in [9.17, 15) is 9.90 Å². The number of halogens is 1. The largest absolute Gasteiger partial charge is 0.477 e. The van der Waals surface area contributed by atoms with Crippen LogP contribution in [-0.2, 0) is 6.42 Å². The number of benzene rings is 1. The molecule has 0 bridgehead atoms. The molecule has 7 rings (SSSR count). The highest BCUT2D eigenvalue weighted by Crippen LogP contribution is 2.54. The predicted octanol–water partition coefficient (Wildman–Crippen LogP) is 7.85. The van der Waals surface area contributed by atoms with E-state index in [0.717, 1.165) is 103 Å². The second kappa shape index (κ2) is 9.98. The number of piperidine rings is 1. The molecule has 0 radical (unpaired) electrons. The van der Waals surface area contributed by atoms with Crippen LogP contribution < -0.4 is 4.90 Å². The molecular formula is C33H33ClN4O3. The van der Waals surface area contributed by atoms with Crippen molar-refractivity contribution in [3.8, 4) is 11.3 Å². The summed E-state index contributed by atoms with van der Waals surface area (Å²) < 4.78 is 5.94. The highest BCUT2D eigenvalue weighted by Gasteiger charge is 2.43. The van der Waals surface area contributed by atoms with Crippen molar-refractivity contribution in [1.29, 1.82) is 0 Å². The Hall–Kier alpha value is -3.71. The van der Waals surface area contributed by atoms with E-state index in [1.54, 1.807) is 12.3 Å². The van der Waals surface area contributed by atoms with Gasteiger partial charge in [0.15, 0.2) is 0 Å². The molecule has 8 heteroatoms. The van der Waals surface area contributed by atoms with Crippen LogP contribution in [0.2, 0.25) is 5.02 Å². The first-order chi connectivity index (χ1) is 19.8. The molecule has 3 fully saturated rings. The van der Waals surface area contributed by atoms with E-state index >= 15 is 0 Å². The molecule has 7 nitrogen and oxygen atoms in total. The van der Waals surface area contributed by atoms with Crippen molar-refractivity contribution in [1.82, 2.24) is 15.1 Å². The zero-order valence-corrected chi connectivity index (χ0v) is 24.2. The van der Waals surface area contributed by atoms with Crippen molar-refractivity contribution in [3.05, 3.63) is 75.4 Å². The third-order valence-corrected chi connectivity index (χ3v) is 9.55. The summed E-state index contributed by atoms with van der Waals surface area (Å²) in [4.78, 5) is 22.5. The van der Waals surface area contributed by atoms with E-state index < -0.39 is 5.97 Å². The Morgan fingerprint density at radius 1 is 1.20 bits per heavy atom. The number of rotatable bonds is 6. The number of anilines is 1. The molecular weight excluding hydrogens is 536 g/mol. The van der Waals surface area contributed by atoms with Crippen LogP contribution in [0, 0.1) is 12.3 Å². The van der Waals surface area contributed by atoms with Crippen LogP contribution in [0.15, 0.2) is 46.8 Å². The zero-order chi connectivity index (χ0) is 28.3. The number of fused-ring (bicyclic) bond motifs is 1. The van der Waals surface area contributed by atoms with Crippen LogP contribution in [-0.4, -0.2) is 39.3 Å². The minimum Gasteiger partial charge on any atom is -0.477 e. The quantitative estimate of drug-likeness (QED) is 0.253. The Bertz CT molecular complexity index is 1700. The van der Waals surface area contributed by atoms with Gasteiger partial charge in [0.2, 0.25) is 0 Å². The van der Waals surface area contributed by atoms with Gasteiger partial charge in [-0.2, -0.15) is 0 Å². The van der Waals surface area contributed by atoms with Gasteiger partial charge in [-0.15, -0.1) is 0 Å². The third-order valence-electron chi connectivity index (χ3n) is 9.26. The normalized spacial score (nSPS) is 18.1. The van der Waals surface area contributed by atoms with Crippen LogP contribution in [0.4, 0.5) is 5.69 Å². The number of carboxylic acid groups (broad SMARTS) is 1. The van der Waals surface area contributed by atoms with Gasteiger partial charge >= 0.3 is 5.97 Å². The second-order valence-corrected chi connectivity index (χ2v) is 12.5. The molecule has 0 atom stereocenters. The summed E-state index contributed by atoms with van der Waals surface area (Å²) in [6, 6.07) is 7.84. The van der Waals surface area contributed by atoms with E-state index in [1.807, 2.05) is 19.2 Å². The third kappa shape index (κ3) is 4.70. The summed E-state index contributed by atoms with van der Waals surface area (Å²) in [5.74, 6) is 0.475. The first-order valence-electron chi connectivity index (χ1n) is 14.6. The lowest BCUT2D eigenvalue weighted by Gasteiger charge is -2.50. The lowest BCUT2D eigenvalue weighted by atomic mass is 9.60. The van der Waals surface area contributed by atoms with Gasteiger partial charge in [0.05, 0.1) is 10.5 Å². The van der Waals surface area contributed by atoms with Crippen LogP contribution in [0.25, 0.3) is 28.2 Å². The summed E-state index contributed by atoms with van der Waals surface area (Å²) in [6.45, 7) is 6.09. The summed E-state index contributed by atoms with van der Waals surface area (Å²) in [7, 11) is 0. The Morgan fingerprint density at radius 2 is 1.98 bits per heavy atom. The number of allylic oxidation sites excluding steroid dienone is 1. The van der Waals surface area contributed by atoms with Crippen LogP contribution >= 0.6 is 11.6 Å². The summed E-state index contributed by atoms with van der Waals surface area (Å²) >= 11 is 6.65. The van der Waals surface area contributed by atoms with E-state index in [1.165, 1.54) is 11.3 Å². The number of nitrogens with zero attached hydrogens (tertiary/aromatic N) is 4. The standard InChI is InChI=1S/C33H33ClN4O3/c1-3-21-17-35-18-26(34)29(21)30-25(31(41-37-30)22-4-5-22)13-20-15-33(16-20)8-10-38(11-9-33)23-6-7-27-24(14-23)19(2)12-28(36-27)32(39)40/h6-7,12-14,17-18,22H,3-5,8-11,15-16H2,1-2H3,(H,39,40). The maximum absolute atomic E-state index is 11.4. The minimum atomic E-state index is -0.995. The zero-order valence-electron chi connectivity index (χ0n) is 23.4. The lowest BCUT2D eigenvalue weighted by Crippen LogP contribution is -2.44. The average molecular weight is 569 g/mol. The second-order valence-electron chi connectivity index (χ2n) is 12.1. The minimum absolute atomic E-state index is 0.0914. The number of hydrogen-bond acceptors (Lipinski definition) is 6. The predicted molar refractivity (Wildman–Crippen MR) is 161 cm³/mol. The molecule has 3 aliphatic rings. The highest BCUT2D eigenvalue weighted by molar-refractivity contribution is 6.33. The number of aromatic nitrogens is 3. The molecule has 1 spiro atoms. The highest BCUT2D eigenvalue weighted by atomic mass is 35.5. The molecule has 210 valence electrons. The van der Waals surface area contributed by atoms with Crippen molar-refractivity contribution in [2.45, 2.75) is 64.7 Å². The fourth-order valence-corrected chi connectivity index (χ4v) is 7.04. The fraction of sp³-hybridized carbons (Fsp3) is 0.394. The summed E-state index contributed by atoms with van der Waals surface area (Å²) in [6.07, 6.45) is 13.6. The van der Waals surface area contributed by atoms with E-state index in [4.69, 9.17) is 16.1 Å². The van der Waals surface area contributed by atoms with Gasteiger partial charge < -0.3 is 14.5 Å². The van der Waals surface area contributed by atoms with Crippen LogP contribution in [0.5, 0.6) is 0 Å². The maximum atomic E-state index is 11.4. The molecule has 41 heavy (non-hydrogen) atoms. The monoisotopic (exact) mass is 568 g/mol. The number of aromatic carboxylic acids is 1. The van der Waals surface area contributed by atoms with E-state index in [-0.39, 0.29) is 5.69 Å². The number of carbonyl (C=O) groups is 1. The van der Waals surface area contributed by atoms with Gasteiger partial charge in [-0.3, -0.25) is 4.98 Å². The molecule has 0 unspecified atom stereocenters. The SMILES string of the molecule is CCc1cncc(Cl)c1-c1noc(C2CC2)c1C=C1CC2(CCN(c3ccc4nc(C(=O)O)cc(C)c4c3)CC2)C1. The number of hydrogen-bond donors (Lipinski definition) is 1. The van der Waals surface area contributed by atoms with Gasteiger partial charge in [0.1, 0.15) is 17.1 Å². The van der Waals surface area contributed by atoms with Crippen LogP contribution in [0.3, 0.4) is 0 Å². The van der Waals surface area contributed by atoms with Crippen molar-refractivity contribution in [2.75, 3.05) is 18.0 Å². The Balaban J connectivity index is 1.09. The topological polar surface area (TPSA) is 92.4 Å². The number of aryl methyl sites for hydroxylation is 2. The Morgan fingerprint density at radius 3 is 2.68 bits per heavy atom. The molecule has 1 N–H and O–H groups in total. The Kier molecular flexibility index (Phi) is 6.38. The van der Waals surface area contributed by atoms with Crippen molar-refractivity contribution in [3.63, 3.8) is 0 Å². The molecule has 1 saturated heterocycles. The van der Waals surface area contributed by atoms with Gasteiger partial charge in [-0.1, -0.05) is 29.3 Å². The average Bonchev–Trinajstić information content (AvgIpc) is 3.72. The Labute approximate surface area is 244 Å². The van der Waals surface area contributed by atoms with Gasteiger partial charge in [-0.05, 0) is 98.8 Å². The first kappa shape index (κ1) is 26.2. The lowest BCUT2D eigenvalue weighted by molar-refractivity contribution is 0.0691. The number of pyridine rings is 2. The first-order valence-corrected chi connectivity index (χ1v) is 14.9. The molecule has 2 saturated carbocycles. The molecule has 1 aromatic carbocycles. The summed E-state index contributed by atoms with van der Waals surface area (Å²) in [5, 5.41) is 15.5. The smallest absolute Gasteiger partial charge is 0.354 e. The molecule has 1 aliphatic heterocycles.